The number of carboxylic acids is 1. The fourth-order valence-corrected chi connectivity index (χ4v) is 2.08. The van der Waals surface area contributed by atoms with Gasteiger partial charge in [-0.2, -0.15) is 10.2 Å². The zero-order chi connectivity index (χ0) is 17.1. The first kappa shape index (κ1) is 16.1. The number of nitro groups is 1. The van der Waals surface area contributed by atoms with Crippen LogP contribution in [0.1, 0.15) is 29.9 Å². The van der Waals surface area contributed by atoms with Crippen molar-refractivity contribution < 1.29 is 19.6 Å². The molecular formula is C12H14N6O5. The van der Waals surface area contributed by atoms with E-state index in [1.165, 1.54) is 17.9 Å². The number of aromatic nitrogens is 4. The van der Waals surface area contributed by atoms with Gasteiger partial charge in [0.05, 0.1) is 16.8 Å². The van der Waals surface area contributed by atoms with E-state index >= 15 is 0 Å². The number of hydrogen-bond donors (Lipinski definition) is 2. The van der Waals surface area contributed by atoms with Crippen LogP contribution in [-0.4, -0.2) is 41.5 Å². The number of carbonyl (C=O) groups excluding carboxylic acids is 1. The van der Waals surface area contributed by atoms with Gasteiger partial charge >= 0.3 is 11.7 Å². The number of carbonyl (C=O) groups is 2. The smallest absolute Gasteiger partial charge is 0.356 e. The van der Waals surface area contributed by atoms with Gasteiger partial charge in [0.1, 0.15) is 18.4 Å². The van der Waals surface area contributed by atoms with Crippen molar-refractivity contribution >= 4 is 23.3 Å². The third-order valence-electron chi connectivity index (χ3n) is 3.21. The second-order valence-electron chi connectivity index (χ2n) is 4.68. The summed E-state index contributed by atoms with van der Waals surface area (Å²) in [6.45, 7) is 1.71. The quantitative estimate of drug-likeness (QED) is 0.591. The standard InChI is InChI=1S/C12H14N6O5/c1-3-9(17-6-7(4-14-17)18(22)23)11(19)15-8-5-13-16(2)10(8)12(20)21/h4-6,9H,3H2,1-2H3,(H,15,19)(H,20,21). The summed E-state index contributed by atoms with van der Waals surface area (Å²) in [6.07, 6.45) is 3.73. The zero-order valence-corrected chi connectivity index (χ0v) is 12.3. The first-order valence-electron chi connectivity index (χ1n) is 6.59. The van der Waals surface area contributed by atoms with Crippen LogP contribution in [0.4, 0.5) is 11.4 Å². The molecule has 0 aliphatic carbocycles. The number of nitrogens with zero attached hydrogens (tertiary/aromatic N) is 5. The molecule has 0 bridgehead atoms. The summed E-state index contributed by atoms with van der Waals surface area (Å²) in [4.78, 5) is 33.6. The molecule has 0 aliphatic heterocycles. The first-order valence-corrected chi connectivity index (χ1v) is 6.59. The zero-order valence-electron chi connectivity index (χ0n) is 12.3. The highest BCUT2D eigenvalue weighted by Crippen LogP contribution is 2.20. The largest absolute Gasteiger partial charge is 0.476 e. The van der Waals surface area contributed by atoms with Gasteiger partial charge in [-0.05, 0) is 6.42 Å². The number of nitrogens with one attached hydrogen (secondary N) is 1. The second-order valence-corrected chi connectivity index (χ2v) is 4.68. The van der Waals surface area contributed by atoms with Crippen molar-refractivity contribution in [1.82, 2.24) is 19.6 Å². The van der Waals surface area contributed by atoms with Crippen LogP contribution in [0.2, 0.25) is 0 Å². The molecule has 11 heteroatoms. The van der Waals surface area contributed by atoms with Crippen molar-refractivity contribution in [2.24, 2.45) is 7.05 Å². The molecule has 23 heavy (non-hydrogen) atoms. The fraction of sp³-hybridized carbons (Fsp3) is 0.333. The van der Waals surface area contributed by atoms with Crippen molar-refractivity contribution in [1.29, 1.82) is 0 Å². The molecule has 0 aliphatic rings. The van der Waals surface area contributed by atoms with E-state index in [9.17, 15) is 19.7 Å². The Kier molecular flexibility index (Phi) is 4.39. The average molecular weight is 322 g/mol. The number of anilines is 1. The molecule has 2 rings (SSSR count). The van der Waals surface area contributed by atoms with Crippen molar-refractivity contribution in [3.63, 3.8) is 0 Å². The summed E-state index contributed by atoms with van der Waals surface area (Å²) in [6, 6.07) is -0.814. The molecular weight excluding hydrogens is 308 g/mol. The maximum Gasteiger partial charge on any atom is 0.356 e. The summed E-state index contributed by atoms with van der Waals surface area (Å²) in [5.74, 6) is -1.77. The molecule has 0 fully saturated rings. The lowest BCUT2D eigenvalue weighted by Gasteiger charge is -2.14. The molecule has 2 aromatic heterocycles. The summed E-state index contributed by atoms with van der Waals surface area (Å²) >= 11 is 0. The number of rotatable bonds is 6. The Balaban J connectivity index is 2.24. The van der Waals surface area contributed by atoms with Gasteiger partial charge in [-0.1, -0.05) is 6.92 Å². The Morgan fingerprint density at radius 3 is 2.65 bits per heavy atom. The van der Waals surface area contributed by atoms with Crippen LogP contribution in [-0.2, 0) is 11.8 Å². The van der Waals surface area contributed by atoms with Gasteiger partial charge in [-0.3, -0.25) is 24.3 Å². The molecule has 2 heterocycles. The Labute approximate surface area is 129 Å². The molecule has 0 radical (unpaired) electrons. The van der Waals surface area contributed by atoms with Crippen LogP contribution in [0.5, 0.6) is 0 Å². The Morgan fingerprint density at radius 1 is 1.43 bits per heavy atom. The van der Waals surface area contributed by atoms with E-state index in [0.717, 1.165) is 17.1 Å². The van der Waals surface area contributed by atoms with Crippen molar-refractivity contribution in [2.75, 3.05) is 5.32 Å². The normalized spacial score (nSPS) is 11.9. The van der Waals surface area contributed by atoms with E-state index in [1.807, 2.05) is 0 Å². The predicted octanol–water partition coefficient (Wildman–Crippen LogP) is 0.813. The highest BCUT2D eigenvalue weighted by atomic mass is 16.6. The lowest BCUT2D eigenvalue weighted by Crippen LogP contribution is -2.26. The number of amides is 1. The van der Waals surface area contributed by atoms with E-state index in [0.29, 0.717) is 6.42 Å². The topological polar surface area (TPSA) is 145 Å². The number of aryl methyl sites for hydroxylation is 1. The monoisotopic (exact) mass is 322 g/mol. The maximum atomic E-state index is 12.3. The van der Waals surface area contributed by atoms with E-state index in [-0.39, 0.29) is 17.1 Å². The summed E-state index contributed by atoms with van der Waals surface area (Å²) in [5.41, 5.74) is -0.353. The minimum Gasteiger partial charge on any atom is -0.476 e. The number of carboxylic acid groups (broad SMARTS) is 1. The van der Waals surface area contributed by atoms with Gasteiger partial charge in [-0.15, -0.1) is 0 Å². The lowest BCUT2D eigenvalue weighted by atomic mass is 10.2. The average Bonchev–Trinajstić information content (AvgIpc) is 3.07. The van der Waals surface area contributed by atoms with Gasteiger partial charge < -0.3 is 10.4 Å². The highest BCUT2D eigenvalue weighted by molar-refractivity contribution is 6.00. The van der Waals surface area contributed by atoms with E-state index in [2.05, 4.69) is 15.5 Å². The molecule has 122 valence electrons. The van der Waals surface area contributed by atoms with Crippen LogP contribution < -0.4 is 5.32 Å². The minimum absolute atomic E-state index is 0.0464. The molecule has 2 aromatic rings. The van der Waals surface area contributed by atoms with E-state index in [1.54, 1.807) is 6.92 Å². The predicted molar refractivity (Wildman–Crippen MR) is 77.0 cm³/mol. The third-order valence-corrected chi connectivity index (χ3v) is 3.21. The van der Waals surface area contributed by atoms with Crippen molar-refractivity contribution in [2.45, 2.75) is 19.4 Å². The van der Waals surface area contributed by atoms with Crippen LogP contribution >= 0.6 is 0 Å². The second kappa shape index (κ2) is 6.25. The lowest BCUT2D eigenvalue weighted by molar-refractivity contribution is -0.385. The minimum atomic E-state index is -1.23. The molecule has 1 amide bonds. The third kappa shape index (κ3) is 3.17. The molecule has 0 aromatic carbocycles. The van der Waals surface area contributed by atoms with Gasteiger partial charge in [0, 0.05) is 7.05 Å². The Hall–Kier alpha value is -3.24. The molecule has 1 atom stereocenters. The van der Waals surface area contributed by atoms with E-state index < -0.39 is 22.8 Å². The molecule has 2 N–H and O–H groups in total. The number of aromatic carboxylic acids is 1. The molecule has 11 nitrogen and oxygen atoms in total. The molecule has 0 spiro atoms. The summed E-state index contributed by atoms with van der Waals surface area (Å²) in [7, 11) is 1.44. The Morgan fingerprint density at radius 2 is 2.13 bits per heavy atom. The van der Waals surface area contributed by atoms with Crippen LogP contribution in [0.15, 0.2) is 18.6 Å². The van der Waals surface area contributed by atoms with Gasteiger partial charge in [0.25, 0.3) is 0 Å². The van der Waals surface area contributed by atoms with Crippen LogP contribution in [0.25, 0.3) is 0 Å². The summed E-state index contributed by atoms with van der Waals surface area (Å²) < 4.78 is 2.29. The molecule has 0 saturated carbocycles. The van der Waals surface area contributed by atoms with Crippen molar-refractivity contribution in [3.8, 4) is 0 Å². The molecule has 0 saturated heterocycles. The summed E-state index contributed by atoms with van der Waals surface area (Å²) in [5, 5.41) is 29.9. The van der Waals surface area contributed by atoms with Gasteiger partial charge in [-0.25, -0.2) is 4.79 Å². The maximum absolute atomic E-state index is 12.3. The van der Waals surface area contributed by atoms with Crippen LogP contribution in [0.3, 0.4) is 0 Å². The Bertz CT molecular complexity index is 764. The van der Waals surface area contributed by atoms with Crippen LogP contribution in [0, 0.1) is 10.1 Å². The van der Waals surface area contributed by atoms with Gasteiger partial charge in [0.15, 0.2) is 5.69 Å². The SMILES string of the molecule is CCC(C(=O)Nc1cnn(C)c1C(=O)O)n1cc([N+](=O)[O-])cn1. The fourth-order valence-electron chi connectivity index (χ4n) is 2.08. The van der Waals surface area contributed by atoms with Gasteiger partial charge in [0.2, 0.25) is 5.91 Å². The van der Waals surface area contributed by atoms with E-state index in [4.69, 9.17) is 5.11 Å². The number of hydrogen-bond acceptors (Lipinski definition) is 6. The highest BCUT2D eigenvalue weighted by Gasteiger charge is 2.25. The molecule has 1 unspecified atom stereocenters. The first-order chi connectivity index (χ1) is 10.8. The van der Waals surface area contributed by atoms with Crippen molar-refractivity contribution in [3.05, 3.63) is 34.4 Å².